The number of esters is 1. The predicted octanol–water partition coefficient (Wildman–Crippen LogP) is 4.92. The van der Waals surface area contributed by atoms with Gasteiger partial charge in [-0.25, -0.2) is 4.68 Å². The number of nitrogens with zero attached hydrogens (tertiary/aromatic N) is 3. The molecular formula is C25H27ClN4O5. The quantitative estimate of drug-likeness (QED) is 0.254. The van der Waals surface area contributed by atoms with Crippen molar-refractivity contribution < 1.29 is 19.2 Å². The van der Waals surface area contributed by atoms with Crippen LogP contribution in [0.25, 0.3) is 0 Å². The lowest BCUT2D eigenvalue weighted by Gasteiger charge is -2.19. The number of aromatic nitrogens is 2. The van der Waals surface area contributed by atoms with Crippen molar-refractivity contribution in [3.8, 4) is 0 Å². The van der Waals surface area contributed by atoms with Crippen LogP contribution >= 0.6 is 11.6 Å². The second kappa shape index (κ2) is 11.1. The molecule has 1 atom stereocenters. The van der Waals surface area contributed by atoms with Crippen LogP contribution < -0.4 is 5.32 Å². The van der Waals surface area contributed by atoms with Crippen LogP contribution in [-0.4, -0.2) is 32.7 Å². The number of rotatable bonds is 9. The predicted molar refractivity (Wildman–Crippen MR) is 131 cm³/mol. The molecule has 184 valence electrons. The number of aryl methyl sites for hydroxylation is 2. The molecule has 0 spiro atoms. The van der Waals surface area contributed by atoms with E-state index in [4.69, 9.17) is 16.3 Å². The lowest BCUT2D eigenvalue weighted by Crippen LogP contribution is -2.32. The van der Waals surface area contributed by atoms with Gasteiger partial charge < -0.3 is 10.1 Å². The summed E-state index contributed by atoms with van der Waals surface area (Å²) in [5, 5.41) is 18.9. The number of amides is 1. The molecule has 0 radical (unpaired) electrons. The molecule has 3 aromatic rings. The van der Waals surface area contributed by atoms with E-state index in [9.17, 15) is 19.7 Å². The third-order valence-corrected chi connectivity index (χ3v) is 5.68. The highest BCUT2D eigenvalue weighted by atomic mass is 35.5. The first-order valence-corrected chi connectivity index (χ1v) is 11.5. The third kappa shape index (κ3) is 6.45. The number of nitro benzene ring substituents is 1. The summed E-state index contributed by atoms with van der Waals surface area (Å²) in [6, 6.07) is 12.8. The van der Waals surface area contributed by atoms with E-state index in [0.717, 1.165) is 11.1 Å². The minimum atomic E-state index is -1.01. The summed E-state index contributed by atoms with van der Waals surface area (Å²) in [5.74, 6) is -1.19. The Kier molecular flexibility index (Phi) is 8.24. The lowest BCUT2D eigenvalue weighted by molar-refractivity contribution is -0.385. The molecule has 1 unspecified atom stereocenters. The summed E-state index contributed by atoms with van der Waals surface area (Å²) >= 11 is 6.53. The van der Waals surface area contributed by atoms with Crippen LogP contribution in [0.15, 0.2) is 48.5 Å². The van der Waals surface area contributed by atoms with Crippen LogP contribution in [-0.2, 0) is 16.1 Å². The van der Waals surface area contributed by atoms with Gasteiger partial charge in [0.05, 0.1) is 46.9 Å². The summed E-state index contributed by atoms with van der Waals surface area (Å²) in [6.45, 7) is 7.40. The van der Waals surface area contributed by atoms with Gasteiger partial charge in [0.1, 0.15) is 5.15 Å². The molecule has 1 amide bonds. The van der Waals surface area contributed by atoms with E-state index in [-0.39, 0.29) is 34.5 Å². The monoisotopic (exact) mass is 498 g/mol. The largest absolute Gasteiger partial charge is 0.463 e. The van der Waals surface area contributed by atoms with E-state index in [1.807, 2.05) is 31.2 Å². The van der Waals surface area contributed by atoms with Gasteiger partial charge in [0.15, 0.2) is 0 Å². The van der Waals surface area contributed by atoms with Crippen molar-refractivity contribution >= 4 is 29.2 Å². The highest BCUT2D eigenvalue weighted by Gasteiger charge is 2.29. The number of carbonyl (C=O) groups excluding carboxylic acids is 2. The van der Waals surface area contributed by atoms with Crippen LogP contribution in [0.1, 0.15) is 59.1 Å². The Morgan fingerprint density at radius 2 is 1.80 bits per heavy atom. The van der Waals surface area contributed by atoms with Crippen LogP contribution in [0.4, 0.5) is 5.69 Å². The fourth-order valence-electron chi connectivity index (χ4n) is 3.68. The molecule has 1 heterocycles. The lowest BCUT2D eigenvalue weighted by atomic mass is 10.0. The molecule has 9 nitrogen and oxygen atoms in total. The van der Waals surface area contributed by atoms with E-state index < -0.39 is 22.8 Å². The van der Waals surface area contributed by atoms with Crippen molar-refractivity contribution in [3.05, 3.63) is 91.7 Å². The van der Waals surface area contributed by atoms with Gasteiger partial charge in [-0.2, -0.15) is 5.10 Å². The van der Waals surface area contributed by atoms with Crippen molar-refractivity contribution in [1.82, 2.24) is 15.1 Å². The van der Waals surface area contributed by atoms with Gasteiger partial charge >= 0.3 is 5.97 Å². The highest BCUT2D eigenvalue weighted by molar-refractivity contribution is 6.33. The van der Waals surface area contributed by atoms with Gasteiger partial charge in [-0.15, -0.1) is 0 Å². The van der Waals surface area contributed by atoms with Crippen LogP contribution in [0, 0.1) is 24.0 Å². The molecular weight excluding hydrogens is 472 g/mol. The minimum Gasteiger partial charge on any atom is -0.463 e. The number of nitrogens with one attached hydrogen (secondary N) is 1. The fraction of sp³-hybridized carbons (Fsp3) is 0.320. The van der Waals surface area contributed by atoms with Gasteiger partial charge in [0, 0.05) is 6.07 Å². The van der Waals surface area contributed by atoms with Gasteiger partial charge in [-0.3, -0.25) is 19.7 Å². The molecule has 0 saturated heterocycles. The first-order chi connectivity index (χ1) is 16.6. The molecule has 1 N–H and O–H groups in total. The molecule has 10 heteroatoms. The van der Waals surface area contributed by atoms with Gasteiger partial charge in [-0.1, -0.05) is 59.6 Å². The molecule has 3 rings (SSSR count). The van der Waals surface area contributed by atoms with Crippen LogP contribution in [0.5, 0.6) is 0 Å². The molecule has 0 fully saturated rings. The Balaban J connectivity index is 1.91. The highest BCUT2D eigenvalue weighted by Crippen LogP contribution is 2.29. The SMILES string of the molecule is Cc1ccc(Cn2nc(C)c(C(=O)NC(CC(=O)OC(C)C)c3ccccc3[N+](=O)[O-])c2Cl)cc1. The second-order valence-corrected chi connectivity index (χ2v) is 8.84. The van der Waals surface area contributed by atoms with Crippen LogP contribution in [0.2, 0.25) is 5.15 Å². The summed E-state index contributed by atoms with van der Waals surface area (Å²) in [4.78, 5) is 36.7. The normalized spacial score (nSPS) is 11.8. The number of halogens is 1. The number of para-hydroxylation sites is 1. The molecule has 35 heavy (non-hydrogen) atoms. The maximum absolute atomic E-state index is 13.3. The van der Waals surface area contributed by atoms with E-state index in [2.05, 4.69) is 10.4 Å². The first kappa shape index (κ1) is 25.9. The van der Waals surface area contributed by atoms with Crippen LogP contribution in [0.3, 0.4) is 0 Å². The second-order valence-electron chi connectivity index (χ2n) is 8.48. The molecule has 0 saturated carbocycles. The standard InChI is InChI=1S/C25H27ClN4O5/c1-15(2)35-22(31)13-20(19-7-5-6-8-21(19)30(33)34)27-25(32)23-17(4)28-29(24(23)26)14-18-11-9-16(3)10-12-18/h5-12,15,20H,13-14H2,1-4H3,(H,27,32). The summed E-state index contributed by atoms with van der Waals surface area (Å²) < 4.78 is 6.73. The molecule has 2 aromatic carbocycles. The molecule has 0 aliphatic rings. The number of hydrogen-bond donors (Lipinski definition) is 1. The number of ether oxygens (including phenoxy) is 1. The van der Waals surface area contributed by atoms with Crippen molar-refractivity contribution in [3.63, 3.8) is 0 Å². The summed E-state index contributed by atoms with van der Waals surface area (Å²) in [5.41, 5.74) is 2.58. The Morgan fingerprint density at radius 3 is 2.43 bits per heavy atom. The average molecular weight is 499 g/mol. The Hall–Kier alpha value is -3.72. The average Bonchev–Trinajstić information content (AvgIpc) is 3.07. The first-order valence-electron chi connectivity index (χ1n) is 11.1. The maximum Gasteiger partial charge on any atom is 0.308 e. The van der Waals surface area contributed by atoms with Crippen molar-refractivity contribution in [2.24, 2.45) is 0 Å². The Labute approximate surface area is 208 Å². The van der Waals surface area contributed by atoms with Crippen molar-refractivity contribution in [2.45, 2.75) is 52.8 Å². The molecule has 0 aliphatic carbocycles. The summed E-state index contributed by atoms with van der Waals surface area (Å²) in [7, 11) is 0. The van der Waals surface area contributed by atoms with Gasteiger partial charge in [-0.05, 0) is 33.3 Å². The van der Waals surface area contributed by atoms with Gasteiger partial charge in [0.2, 0.25) is 0 Å². The third-order valence-electron chi connectivity index (χ3n) is 5.30. The molecule has 0 aliphatic heterocycles. The smallest absolute Gasteiger partial charge is 0.308 e. The Bertz CT molecular complexity index is 1240. The van der Waals surface area contributed by atoms with Crippen molar-refractivity contribution in [2.75, 3.05) is 0 Å². The topological polar surface area (TPSA) is 116 Å². The number of hydrogen-bond acceptors (Lipinski definition) is 6. The minimum absolute atomic E-state index is 0.131. The fourth-order valence-corrected chi connectivity index (χ4v) is 4.00. The van der Waals surface area contributed by atoms with Gasteiger partial charge in [0.25, 0.3) is 11.6 Å². The summed E-state index contributed by atoms with van der Waals surface area (Å²) in [6.07, 6.45) is -0.663. The molecule has 0 bridgehead atoms. The van der Waals surface area contributed by atoms with E-state index in [1.54, 1.807) is 26.8 Å². The number of benzene rings is 2. The maximum atomic E-state index is 13.3. The number of nitro groups is 1. The zero-order valence-electron chi connectivity index (χ0n) is 19.9. The molecule has 1 aromatic heterocycles. The van der Waals surface area contributed by atoms with Crippen molar-refractivity contribution in [1.29, 1.82) is 0 Å². The Morgan fingerprint density at radius 1 is 1.14 bits per heavy atom. The van der Waals surface area contributed by atoms with E-state index in [1.165, 1.54) is 22.9 Å². The van der Waals surface area contributed by atoms with E-state index >= 15 is 0 Å². The number of carbonyl (C=O) groups is 2. The zero-order chi connectivity index (χ0) is 25.7. The zero-order valence-corrected chi connectivity index (χ0v) is 20.7. The van der Waals surface area contributed by atoms with E-state index in [0.29, 0.717) is 12.2 Å².